The first-order chi connectivity index (χ1) is 20.5. The zero-order chi connectivity index (χ0) is 30.7. The number of carboxylic acids is 1. The molecule has 0 radical (unpaired) electrons. The summed E-state index contributed by atoms with van der Waals surface area (Å²) < 4.78 is 33.8. The molecular weight excluding hydrogens is 620 g/mol. The Morgan fingerprint density at radius 1 is 0.733 bits per heavy atom. The van der Waals surface area contributed by atoms with Crippen LogP contribution in [0.5, 0.6) is 11.5 Å². The van der Waals surface area contributed by atoms with Crippen LogP contribution in [0.4, 0.5) is 28.4 Å². The van der Waals surface area contributed by atoms with Crippen molar-refractivity contribution in [2.75, 3.05) is 12.4 Å². The minimum Gasteiger partial charge on any atom is -0.872 e. The van der Waals surface area contributed by atoms with Gasteiger partial charge in [0, 0.05) is 12.7 Å². The first-order valence-electron chi connectivity index (χ1n) is 12.5. The van der Waals surface area contributed by atoms with E-state index in [1.807, 2.05) is 0 Å². The molecule has 0 aliphatic carbocycles. The van der Waals surface area contributed by atoms with Gasteiger partial charge in [0.1, 0.15) is 4.90 Å². The van der Waals surface area contributed by atoms with E-state index in [0.717, 1.165) is 23.3 Å². The molecule has 12 nitrogen and oxygen atoms in total. The third kappa shape index (κ3) is 8.34. The Morgan fingerprint density at radius 2 is 1.27 bits per heavy atom. The molecule has 0 fully saturated rings. The molecule has 0 bridgehead atoms. The molecule has 0 aromatic heterocycles. The Labute approximate surface area is 301 Å². The standard InChI is InChI=1S/C30H23N5O7S.2Na/c1-31-22-11-6-19-14-27(43(40,41)42)28(29(37)24(19)15-22)35-33-21-9-4-18(5-10-21)17-2-7-20(8-3-17)32-34-23-12-13-26(36)25(16-23)30(38)39;;/h2-16,31,36-37H,1H3,(H,38,39)(H,40,41,42);;/q;2*+1/p-2. The molecule has 0 aliphatic rings. The van der Waals surface area contributed by atoms with Gasteiger partial charge >= 0.3 is 65.1 Å². The molecule has 15 heteroatoms. The molecule has 5 rings (SSSR count). The number of azo groups is 2. The molecule has 0 atom stereocenters. The smallest absolute Gasteiger partial charge is 0.872 e. The van der Waals surface area contributed by atoms with Crippen LogP contribution >= 0.6 is 0 Å². The number of anilines is 1. The summed E-state index contributed by atoms with van der Waals surface area (Å²) in [4.78, 5) is 10.5. The Bertz CT molecular complexity index is 2040. The van der Waals surface area contributed by atoms with Crippen molar-refractivity contribution < 1.29 is 92.2 Å². The molecule has 216 valence electrons. The van der Waals surface area contributed by atoms with E-state index in [4.69, 9.17) is 5.11 Å². The van der Waals surface area contributed by atoms with Crippen molar-refractivity contribution in [3.05, 3.63) is 96.6 Å². The van der Waals surface area contributed by atoms with Crippen molar-refractivity contribution in [1.82, 2.24) is 0 Å². The van der Waals surface area contributed by atoms with E-state index in [2.05, 4.69) is 25.8 Å². The maximum Gasteiger partial charge on any atom is 1.00 e. The van der Waals surface area contributed by atoms with Gasteiger partial charge in [-0.1, -0.05) is 47.9 Å². The predicted octanol–water partition coefficient (Wildman–Crippen LogP) is 0.479. The predicted molar refractivity (Wildman–Crippen MR) is 156 cm³/mol. The fourth-order valence-electron chi connectivity index (χ4n) is 4.19. The number of carboxylic acid groups (broad SMARTS) is 1. The zero-order valence-electron chi connectivity index (χ0n) is 24.3. The third-order valence-electron chi connectivity index (χ3n) is 6.41. The van der Waals surface area contributed by atoms with Crippen molar-refractivity contribution in [3.8, 4) is 22.6 Å². The van der Waals surface area contributed by atoms with Crippen LogP contribution in [0.2, 0.25) is 0 Å². The van der Waals surface area contributed by atoms with E-state index in [1.165, 1.54) is 12.1 Å². The fraction of sp³-hybridized carbons (Fsp3) is 0.0333. The van der Waals surface area contributed by atoms with Gasteiger partial charge in [-0.3, -0.25) is 4.55 Å². The minimum atomic E-state index is -4.76. The van der Waals surface area contributed by atoms with E-state index in [0.29, 0.717) is 22.4 Å². The normalized spacial score (nSPS) is 11.3. The summed E-state index contributed by atoms with van der Waals surface area (Å²) in [5.41, 5.74) is 2.46. The van der Waals surface area contributed by atoms with Crippen LogP contribution in [0.1, 0.15) is 10.4 Å². The average Bonchev–Trinajstić information content (AvgIpc) is 3.00. The molecule has 0 saturated carbocycles. The molecule has 3 N–H and O–H groups in total. The molecule has 0 unspecified atom stereocenters. The summed E-state index contributed by atoms with van der Waals surface area (Å²) >= 11 is 0. The van der Waals surface area contributed by atoms with Crippen molar-refractivity contribution in [1.29, 1.82) is 0 Å². The van der Waals surface area contributed by atoms with E-state index in [-0.39, 0.29) is 75.8 Å². The number of nitrogens with one attached hydrogen (secondary N) is 1. The number of rotatable bonds is 8. The number of hydrogen-bond donors (Lipinski definition) is 3. The number of benzene rings is 5. The number of aromatic carboxylic acids is 1. The Kier molecular flexibility index (Phi) is 12.0. The van der Waals surface area contributed by atoms with Crippen molar-refractivity contribution in [3.63, 3.8) is 0 Å². The molecule has 0 heterocycles. The summed E-state index contributed by atoms with van der Waals surface area (Å²) in [6.45, 7) is 0. The Morgan fingerprint density at radius 3 is 1.80 bits per heavy atom. The van der Waals surface area contributed by atoms with Crippen molar-refractivity contribution in [2.24, 2.45) is 20.5 Å². The SMILES string of the molecule is CNc1ccc2cc(S(=O)(=O)O)c(N=Nc3ccc(-c4ccc(N=Nc5ccc([O-])c(C(=O)O)c5)cc4)cc3)c([O-])c2c1.[Na+].[Na+]. The second-order valence-electron chi connectivity index (χ2n) is 9.19. The molecular formula is C30H21N5Na2O7S. The summed E-state index contributed by atoms with van der Waals surface area (Å²) in [5, 5.41) is 53.3. The van der Waals surface area contributed by atoms with E-state index in [1.54, 1.807) is 73.8 Å². The summed E-state index contributed by atoms with van der Waals surface area (Å²) in [6, 6.07) is 23.4. The molecule has 5 aromatic rings. The van der Waals surface area contributed by atoms with Gasteiger partial charge in [-0.25, -0.2) is 4.79 Å². The van der Waals surface area contributed by atoms with Crippen molar-refractivity contribution >= 4 is 55.3 Å². The second-order valence-corrected chi connectivity index (χ2v) is 10.6. The first-order valence-corrected chi connectivity index (χ1v) is 14.0. The van der Waals surface area contributed by atoms with Gasteiger partial charge in [0.2, 0.25) is 0 Å². The summed E-state index contributed by atoms with van der Waals surface area (Å²) in [7, 11) is -3.08. The van der Waals surface area contributed by atoms with Crippen LogP contribution in [0, 0.1) is 0 Å². The first kappa shape index (κ1) is 35.8. The summed E-state index contributed by atoms with van der Waals surface area (Å²) in [6.07, 6.45) is 0. The number of fused-ring (bicyclic) bond motifs is 1. The van der Waals surface area contributed by atoms with Crippen molar-refractivity contribution in [2.45, 2.75) is 4.90 Å². The van der Waals surface area contributed by atoms with Crippen LogP contribution < -0.4 is 74.6 Å². The minimum absolute atomic E-state index is 0. The number of carbonyl (C=O) groups is 1. The topological polar surface area (TPSA) is 199 Å². The fourth-order valence-corrected chi connectivity index (χ4v) is 4.84. The van der Waals surface area contributed by atoms with Crippen LogP contribution in [-0.4, -0.2) is 31.1 Å². The molecule has 0 aliphatic heterocycles. The molecule has 0 spiro atoms. The van der Waals surface area contributed by atoms with Crippen LogP contribution in [-0.2, 0) is 10.1 Å². The van der Waals surface area contributed by atoms with Crippen LogP contribution in [0.15, 0.2) is 116 Å². The van der Waals surface area contributed by atoms with Crippen LogP contribution in [0.25, 0.3) is 21.9 Å². The van der Waals surface area contributed by atoms with Gasteiger partial charge in [0.25, 0.3) is 10.1 Å². The number of hydrogen-bond acceptors (Lipinski definition) is 10. The monoisotopic (exact) mass is 641 g/mol. The van der Waals surface area contributed by atoms with E-state index < -0.39 is 38.2 Å². The van der Waals surface area contributed by atoms with Gasteiger partial charge in [0.05, 0.1) is 28.3 Å². The summed E-state index contributed by atoms with van der Waals surface area (Å²) in [5.74, 6) is -2.64. The Hall–Kier alpha value is -3.66. The quantitative estimate of drug-likeness (QED) is 0.123. The molecule has 45 heavy (non-hydrogen) atoms. The van der Waals surface area contributed by atoms with E-state index in [9.17, 15) is 28.0 Å². The second kappa shape index (κ2) is 15.1. The van der Waals surface area contributed by atoms with E-state index >= 15 is 0 Å². The average molecular weight is 642 g/mol. The maximum absolute atomic E-state index is 13.1. The number of nitrogens with zero attached hydrogens (tertiary/aromatic N) is 4. The Balaban J connectivity index is 0.00000276. The molecule has 5 aromatic carbocycles. The van der Waals surface area contributed by atoms with Gasteiger partial charge in [-0.05, 0) is 76.5 Å². The largest absolute Gasteiger partial charge is 1.00 e. The zero-order valence-corrected chi connectivity index (χ0v) is 29.1. The van der Waals surface area contributed by atoms with Gasteiger partial charge in [-0.2, -0.15) is 23.8 Å². The third-order valence-corrected chi connectivity index (χ3v) is 7.27. The van der Waals surface area contributed by atoms with Gasteiger partial charge < -0.3 is 20.6 Å². The molecule has 0 saturated heterocycles. The molecule has 0 amide bonds. The van der Waals surface area contributed by atoms with Gasteiger partial charge in [0.15, 0.2) is 0 Å². The maximum atomic E-state index is 13.1. The van der Waals surface area contributed by atoms with Gasteiger partial charge in [-0.15, -0.1) is 5.11 Å². The van der Waals surface area contributed by atoms with Crippen LogP contribution in [0.3, 0.4) is 0 Å².